The summed E-state index contributed by atoms with van der Waals surface area (Å²) in [6.07, 6.45) is 3.61. The number of aromatic nitrogens is 1. The lowest BCUT2D eigenvalue weighted by Gasteiger charge is -2.36. The van der Waals surface area contributed by atoms with Gasteiger partial charge in [-0.2, -0.15) is 0 Å². The molecule has 5 nitrogen and oxygen atoms in total. The molecule has 1 atom stereocenters. The Hall–Kier alpha value is -2.96. The lowest BCUT2D eigenvalue weighted by Crippen LogP contribution is -2.37. The molecule has 1 aliphatic rings. The van der Waals surface area contributed by atoms with Crippen molar-refractivity contribution in [3.8, 4) is 0 Å². The number of para-hydroxylation sites is 1. The fourth-order valence-corrected chi connectivity index (χ4v) is 4.36. The average Bonchev–Trinajstić information content (AvgIpc) is 2.84. The molecule has 1 amide bonds. The first kappa shape index (κ1) is 23.2. The summed E-state index contributed by atoms with van der Waals surface area (Å²) in [6.45, 7) is 4.87. The molecule has 3 aromatic rings. The van der Waals surface area contributed by atoms with E-state index < -0.39 is 0 Å². The fraction of sp³-hybridized carbons (Fsp3) is 0.308. The summed E-state index contributed by atoms with van der Waals surface area (Å²) in [6, 6.07) is 17.9. The third-order valence-corrected chi connectivity index (χ3v) is 6.47. The van der Waals surface area contributed by atoms with E-state index in [0.29, 0.717) is 22.3 Å². The first-order valence-electron chi connectivity index (χ1n) is 11.2. The molecule has 0 saturated carbocycles. The third-order valence-electron chi connectivity index (χ3n) is 6.25. The molecule has 1 fully saturated rings. The predicted molar refractivity (Wildman–Crippen MR) is 131 cm³/mol. The number of amides is 1. The Balaban J connectivity index is 1.31. The summed E-state index contributed by atoms with van der Waals surface area (Å²) in [7, 11) is 0. The van der Waals surface area contributed by atoms with Crippen LogP contribution in [-0.4, -0.2) is 35.4 Å². The number of carbonyl (C=O) groups excluding carboxylic acids is 1. The van der Waals surface area contributed by atoms with Gasteiger partial charge in [0.2, 0.25) is 0 Å². The molecular weight excluding hydrogens is 439 g/mol. The Labute approximate surface area is 199 Å². The highest BCUT2D eigenvalue weighted by atomic mass is 35.5. The highest BCUT2D eigenvalue weighted by molar-refractivity contribution is 6.30. The standard InChI is InChI=1S/C26H28ClFN4O/c1-18(20-5-4-6-22(28)15-20)32-13-11-19(12-14-32)16-29-24-8-3-2-7-23(24)26(33)31-25-10-9-21(27)17-30-25/h2-10,15,17-19,29H,11-14,16H2,1H3,(H,30,31,33)/t18-/m1/s1. The summed E-state index contributed by atoms with van der Waals surface area (Å²) >= 11 is 5.87. The molecule has 33 heavy (non-hydrogen) atoms. The van der Waals surface area contributed by atoms with Crippen molar-refractivity contribution >= 4 is 29.0 Å². The maximum absolute atomic E-state index is 13.6. The highest BCUT2D eigenvalue weighted by Crippen LogP contribution is 2.27. The van der Waals surface area contributed by atoms with Crippen LogP contribution in [0.15, 0.2) is 66.9 Å². The second-order valence-corrected chi connectivity index (χ2v) is 8.89. The zero-order valence-corrected chi connectivity index (χ0v) is 19.4. The quantitative estimate of drug-likeness (QED) is 0.447. The van der Waals surface area contributed by atoms with Gasteiger partial charge in [-0.1, -0.05) is 35.9 Å². The molecule has 7 heteroatoms. The number of piperidine rings is 1. The van der Waals surface area contributed by atoms with Crippen LogP contribution in [0.25, 0.3) is 0 Å². The number of rotatable bonds is 7. The molecule has 2 N–H and O–H groups in total. The second-order valence-electron chi connectivity index (χ2n) is 8.45. The molecule has 0 bridgehead atoms. The van der Waals surface area contributed by atoms with Gasteiger partial charge in [-0.05, 0) is 80.7 Å². The van der Waals surface area contributed by atoms with E-state index in [-0.39, 0.29) is 17.8 Å². The third kappa shape index (κ3) is 6.09. The smallest absolute Gasteiger partial charge is 0.258 e. The van der Waals surface area contributed by atoms with Crippen molar-refractivity contribution in [2.45, 2.75) is 25.8 Å². The van der Waals surface area contributed by atoms with Gasteiger partial charge in [0.25, 0.3) is 5.91 Å². The van der Waals surface area contributed by atoms with Crippen molar-refractivity contribution in [2.75, 3.05) is 30.3 Å². The summed E-state index contributed by atoms with van der Waals surface area (Å²) in [5.74, 6) is 0.564. The topological polar surface area (TPSA) is 57.3 Å². The maximum Gasteiger partial charge on any atom is 0.258 e. The van der Waals surface area contributed by atoms with Gasteiger partial charge in [0.05, 0.1) is 10.6 Å². The maximum atomic E-state index is 13.6. The number of nitrogens with zero attached hydrogens (tertiary/aromatic N) is 2. The monoisotopic (exact) mass is 466 g/mol. The van der Waals surface area contributed by atoms with E-state index in [1.807, 2.05) is 24.3 Å². The number of anilines is 2. The van der Waals surface area contributed by atoms with E-state index in [9.17, 15) is 9.18 Å². The number of nitrogens with one attached hydrogen (secondary N) is 2. The summed E-state index contributed by atoms with van der Waals surface area (Å²) < 4.78 is 13.6. The number of carbonyl (C=O) groups is 1. The van der Waals surface area contributed by atoms with Gasteiger partial charge < -0.3 is 10.6 Å². The Bertz CT molecular complexity index is 1080. The molecule has 1 aliphatic heterocycles. The van der Waals surface area contributed by atoms with Crippen LogP contribution in [0.4, 0.5) is 15.9 Å². The molecule has 2 aromatic carbocycles. The van der Waals surface area contributed by atoms with Gasteiger partial charge in [0.1, 0.15) is 11.6 Å². The zero-order chi connectivity index (χ0) is 23.2. The summed E-state index contributed by atoms with van der Waals surface area (Å²) in [5, 5.41) is 6.81. The van der Waals surface area contributed by atoms with E-state index in [2.05, 4.69) is 27.4 Å². The van der Waals surface area contributed by atoms with Crippen LogP contribution in [0.3, 0.4) is 0 Å². The number of hydrogen-bond acceptors (Lipinski definition) is 4. The van der Waals surface area contributed by atoms with Crippen LogP contribution in [0.5, 0.6) is 0 Å². The van der Waals surface area contributed by atoms with Crippen LogP contribution in [0, 0.1) is 11.7 Å². The van der Waals surface area contributed by atoms with E-state index in [0.717, 1.165) is 43.7 Å². The molecule has 0 aliphatic carbocycles. The van der Waals surface area contributed by atoms with Gasteiger partial charge >= 0.3 is 0 Å². The molecule has 4 rings (SSSR count). The molecule has 0 unspecified atom stereocenters. The minimum Gasteiger partial charge on any atom is -0.384 e. The lowest BCUT2D eigenvalue weighted by molar-refractivity contribution is 0.102. The number of hydrogen-bond donors (Lipinski definition) is 2. The fourth-order valence-electron chi connectivity index (χ4n) is 4.24. The molecule has 1 saturated heterocycles. The predicted octanol–water partition coefficient (Wildman–Crippen LogP) is 6.01. The van der Waals surface area contributed by atoms with Crippen LogP contribution >= 0.6 is 11.6 Å². The van der Waals surface area contributed by atoms with Crippen molar-refractivity contribution in [3.63, 3.8) is 0 Å². The second kappa shape index (κ2) is 10.8. The van der Waals surface area contributed by atoms with Gasteiger partial charge in [0, 0.05) is 24.5 Å². The Morgan fingerprint density at radius 2 is 1.94 bits per heavy atom. The molecule has 0 spiro atoms. The van der Waals surface area contributed by atoms with E-state index in [4.69, 9.17) is 11.6 Å². The number of benzene rings is 2. The van der Waals surface area contributed by atoms with Crippen LogP contribution in [0.1, 0.15) is 41.7 Å². The number of pyridine rings is 1. The number of halogens is 2. The summed E-state index contributed by atoms with van der Waals surface area (Å²) in [4.78, 5) is 19.3. The molecule has 0 radical (unpaired) electrons. The van der Waals surface area contributed by atoms with Crippen LogP contribution < -0.4 is 10.6 Å². The average molecular weight is 467 g/mol. The Morgan fingerprint density at radius 1 is 1.15 bits per heavy atom. The van der Waals surface area contributed by atoms with Gasteiger partial charge in [-0.3, -0.25) is 9.69 Å². The van der Waals surface area contributed by atoms with Crippen molar-refractivity contribution in [1.82, 2.24) is 9.88 Å². The van der Waals surface area contributed by atoms with Crippen LogP contribution in [0.2, 0.25) is 5.02 Å². The summed E-state index contributed by atoms with van der Waals surface area (Å²) in [5.41, 5.74) is 2.40. The van der Waals surface area contributed by atoms with E-state index in [1.54, 1.807) is 30.3 Å². The van der Waals surface area contributed by atoms with Crippen molar-refractivity contribution < 1.29 is 9.18 Å². The van der Waals surface area contributed by atoms with E-state index in [1.165, 1.54) is 12.3 Å². The first-order chi connectivity index (χ1) is 16.0. The Morgan fingerprint density at radius 3 is 2.67 bits per heavy atom. The Kier molecular flexibility index (Phi) is 7.57. The normalized spacial score (nSPS) is 15.7. The number of likely N-dealkylation sites (tertiary alicyclic amines) is 1. The lowest BCUT2D eigenvalue weighted by atomic mass is 9.94. The zero-order valence-electron chi connectivity index (χ0n) is 18.6. The molecule has 1 aromatic heterocycles. The van der Waals surface area contributed by atoms with Gasteiger partial charge in [-0.15, -0.1) is 0 Å². The van der Waals surface area contributed by atoms with Gasteiger partial charge in [0.15, 0.2) is 0 Å². The SMILES string of the molecule is C[C@H](c1cccc(F)c1)N1CCC(CNc2ccccc2C(=O)Nc2ccc(Cl)cn2)CC1. The van der Waals surface area contributed by atoms with E-state index >= 15 is 0 Å². The highest BCUT2D eigenvalue weighted by Gasteiger charge is 2.24. The molecule has 172 valence electrons. The van der Waals surface area contributed by atoms with Crippen molar-refractivity contribution in [1.29, 1.82) is 0 Å². The van der Waals surface area contributed by atoms with Crippen molar-refractivity contribution in [2.24, 2.45) is 5.92 Å². The largest absolute Gasteiger partial charge is 0.384 e. The molecule has 2 heterocycles. The first-order valence-corrected chi connectivity index (χ1v) is 11.6. The minimum absolute atomic E-state index is 0.187. The van der Waals surface area contributed by atoms with Crippen molar-refractivity contribution in [3.05, 3.63) is 88.8 Å². The van der Waals surface area contributed by atoms with Gasteiger partial charge in [-0.25, -0.2) is 9.37 Å². The minimum atomic E-state index is -0.216. The van der Waals surface area contributed by atoms with Crippen LogP contribution in [-0.2, 0) is 0 Å². The molecular formula is C26H28ClFN4O.